The summed E-state index contributed by atoms with van der Waals surface area (Å²) in [6.45, 7) is 3.11. The monoisotopic (exact) mass is 285 g/mol. The molecule has 4 heteroatoms. The largest absolute Gasteiger partial charge is 0.338 e. The first-order chi connectivity index (χ1) is 9.79. The van der Waals surface area contributed by atoms with E-state index in [1.165, 1.54) is 15.6 Å². The average molecular weight is 285 g/mol. The van der Waals surface area contributed by atoms with E-state index in [4.69, 9.17) is 0 Å². The second kappa shape index (κ2) is 5.77. The summed E-state index contributed by atoms with van der Waals surface area (Å²) in [6.07, 6.45) is 4.78. The molecule has 20 heavy (non-hydrogen) atoms. The summed E-state index contributed by atoms with van der Waals surface area (Å²) in [5.74, 6) is 1.12. The third kappa shape index (κ3) is 2.49. The minimum atomic E-state index is 0.317. The maximum atomic E-state index is 4.45. The number of likely N-dealkylation sites (N-methyl/N-ethyl adjacent to an activating group) is 1. The molecule has 0 aliphatic heterocycles. The van der Waals surface area contributed by atoms with Crippen LogP contribution in [0.1, 0.15) is 24.4 Å². The van der Waals surface area contributed by atoms with Crippen molar-refractivity contribution in [2.24, 2.45) is 7.05 Å². The molecule has 0 radical (unpaired) electrons. The Labute approximate surface area is 123 Å². The van der Waals surface area contributed by atoms with Gasteiger partial charge >= 0.3 is 0 Å². The molecule has 1 aromatic carbocycles. The predicted octanol–water partition coefficient (Wildman–Crippen LogP) is 3.53. The normalized spacial score (nSPS) is 12.9. The van der Waals surface area contributed by atoms with Crippen LogP contribution in [0.15, 0.2) is 42.0 Å². The van der Waals surface area contributed by atoms with Crippen LogP contribution in [-0.4, -0.2) is 16.1 Å². The number of fused-ring (bicyclic) bond motifs is 1. The van der Waals surface area contributed by atoms with Gasteiger partial charge in [-0.2, -0.15) is 0 Å². The minimum absolute atomic E-state index is 0.317. The van der Waals surface area contributed by atoms with E-state index in [0.717, 1.165) is 18.8 Å². The van der Waals surface area contributed by atoms with Crippen LogP contribution in [0.25, 0.3) is 10.1 Å². The second-order valence-corrected chi connectivity index (χ2v) is 5.87. The van der Waals surface area contributed by atoms with Gasteiger partial charge in [0.2, 0.25) is 0 Å². The van der Waals surface area contributed by atoms with Crippen LogP contribution in [0.3, 0.4) is 0 Å². The van der Waals surface area contributed by atoms with Gasteiger partial charge < -0.3 is 9.88 Å². The number of rotatable bonds is 5. The van der Waals surface area contributed by atoms with Gasteiger partial charge in [-0.3, -0.25) is 0 Å². The number of aryl methyl sites for hydroxylation is 1. The molecular formula is C16H19N3S. The van der Waals surface area contributed by atoms with Crippen molar-refractivity contribution in [2.45, 2.75) is 19.4 Å². The molecule has 0 aliphatic rings. The fourth-order valence-corrected chi connectivity index (χ4v) is 3.60. The number of nitrogens with one attached hydrogen (secondary N) is 1. The van der Waals surface area contributed by atoms with Crippen molar-refractivity contribution in [1.82, 2.24) is 14.9 Å². The molecule has 0 spiro atoms. The lowest BCUT2D eigenvalue weighted by molar-refractivity contribution is 0.533. The summed E-state index contributed by atoms with van der Waals surface area (Å²) in [6, 6.07) is 8.93. The number of benzene rings is 1. The highest BCUT2D eigenvalue weighted by atomic mass is 32.1. The Morgan fingerprint density at radius 3 is 2.95 bits per heavy atom. The van der Waals surface area contributed by atoms with E-state index in [-0.39, 0.29) is 0 Å². The summed E-state index contributed by atoms with van der Waals surface area (Å²) in [4.78, 5) is 4.45. The Balaban J connectivity index is 1.96. The Hall–Kier alpha value is -1.65. The molecule has 2 aromatic heterocycles. The molecule has 3 rings (SSSR count). The highest BCUT2D eigenvalue weighted by Crippen LogP contribution is 2.31. The molecule has 3 aromatic rings. The molecule has 0 saturated carbocycles. The van der Waals surface area contributed by atoms with Crippen LogP contribution in [-0.2, 0) is 13.5 Å². The number of aromatic nitrogens is 2. The fraction of sp³-hybridized carbons (Fsp3) is 0.312. The molecule has 1 atom stereocenters. The molecule has 0 aliphatic carbocycles. The van der Waals surface area contributed by atoms with Crippen LogP contribution in [0, 0.1) is 0 Å². The van der Waals surface area contributed by atoms with Crippen LogP contribution in [0.2, 0.25) is 0 Å². The van der Waals surface area contributed by atoms with E-state index in [2.05, 4.69) is 58.5 Å². The number of nitrogens with zero attached hydrogens (tertiary/aromatic N) is 2. The smallest absolute Gasteiger partial charge is 0.110 e. The van der Waals surface area contributed by atoms with Gasteiger partial charge in [-0.1, -0.05) is 25.1 Å². The van der Waals surface area contributed by atoms with E-state index in [0.29, 0.717) is 6.04 Å². The zero-order chi connectivity index (χ0) is 13.9. The van der Waals surface area contributed by atoms with Crippen molar-refractivity contribution in [2.75, 3.05) is 6.54 Å². The first-order valence-corrected chi connectivity index (χ1v) is 7.83. The van der Waals surface area contributed by atoms with Crippen molar-refractivity contribution in [3.63, 3.8) is 0 Å². The van der Waals surface area contributed by atoms with E-state index in [1.807, 2.05) is 23.7 Å². The summed E-state index contributed by atoms with van der Waals surface area (Å²) in [5, 5.41) is 7.23. The van der Waals surface area contributed by atoms with Crippen molar-refractivity contribution in [1.29, 1.82) is 0 Å². The van der Waals surface area contributed by atoms with Crippen molar-refractivity contribution in [3.8, 4) is 0 Å². The van der Waals surface area contributed by atoms with E-state index >= 15 is 0 Å². The lowest BCUT2D eigenvalue weighted by atomic mass is 10.0. The fourth-order valence-electron chi connectivity index (χ4n) is 2.58. The third-order valence-corrected chi connectivity index (χ3v) is 4.63. The standard InChI is InChI=1S/C16H19N3S/c1-3-17-14(10-16-18-8-9-19(16)2)13-11-20-15-7-5-4-6-12(13)15/h4-9,11,14,17H,3,10H2,1-2H3. The molecule has 2 heterocycles. The predicted molar refractivity (Wildman–Crippen MR) is 85.2 cm³/mol. The summed E-state index contributed by atoms with van der Waals surface area (Å²) < 4.78 is 3.45. The molecule has 0 fully saturated rings. The van der Waals surface area contributed by atoms with Gasteiger partial charge in [0, 0.05) is 36.6 Å². The Morgan fingerprint density at radius 2 is 2.20 bits per heavy atom. The quantitative estimate of drug-likeness (QED) is 0.777. The summed E-state index contributed by atoms with van der Waals surface area (Å²) in [5.41, 5.74) is 1.38. The number of thiophene rings is 1. The van der Waals surface area contributed by atoms with E-state index in [9.17, 15) is 0 Å². The maximum absolute atomic E-state index is 4.45. The molecule has 1 unspecified atom stereocenters. The zero-order valence-corrected chi connectivity index (χ0v) is 12.7. The Kier molecular flexibility index (Phi) is 3.85. The lowest BCUT2D eigenvalue weighted by Gasteiger charge is -2.17. The van der Waals surface area contributed by atoms with Gasteiger partial charge in [-0.05, 0) is 28.9 Å². The van der Waals surface area contributed by atoms with Gasteiger partial charge in [0.05, 0.1) is 0 Å². The maximum Gasteiger partial charge on any atom is 0.110 e. The second-order valence-electron chi connectivity index (χ2n) is 4.96. The molecular weight excluding hydrogens is 266 g/mol. The van der Waals surface area contributed by atoms with Gasteiger partial charge in [0.15, 0.2) is 0 Å². The van der Waals surface area contributed by atoms with E-state index < -0.39 is 0 Å². The van der Waals surface area contributed by atoms with Gasteiger partial charge in [0.1, 0.15) is 5.82 Å². The average Bonchev–Trinajstić information content (AvgIpc) is 3.05. The van der Waals surface area contributed by atoms with Crippen molar-refractivity contribution in [3.05, 3.63) is 53.4 Å². The van der Waals surface area contributed by atoms with Crippen molar-refractivity contribution >= 4 is 21.4 Å². The van der Waals surface area contributed by atoms with E-state index in [1.54, 1.807) is 0 Å². The van der Waals surface area contributed by atoms with Crippen LogP contribution >= 0.6 is 11.3 Å². The first kappa shape index (κ1) is 13.3. The molecule has 1 N–H and O–H groups in total. The Morgan fingerprint density at radius 1 is 1.35 bits per heavy atom. The molecule has 104 valence electrons. The molecule has 0 saturated heterocycles. The minimum Gasteiger partial charge on any atom is -0.338 e. The number of imidazole rings is 1. The van der Waals surface area contributed by atoms with Gasteiger partial charge in [0.25, 0.3) is 0 Å². The van der Waals surface area contributed by atoms with Gasteiger partial charge in [-0.25, -0.2) is 4.98 Å². The van der Waals surface area contributed by atoms with Crippen molar-refractivity contribution < 1.29 is 0 Å². The van der Waals surface area contributed by atoms with Gasteiger partial charge in [-0.15, -0.1) is 11.3 Å². The topological polar surface area (TPSA) is 29.9 Å². The summed E-state index contributed by atoms with van der Waals surface area (Å²) >= 11 is 1.82. The number of hydrogen-bond acceptors (Lipinski definition) is 3. The highest BCUT2D eigenvalue weighted by molar-refractivity contribution is 7.17. The molecule has 3 nitrogen and oxygen atoms in total. The first-order valence-electron chi connectivity index (χ1n) is 6.95. The number of hydrogen-bond donors (Lipinski definition) is 1. The zero-order valence-electron chi connectivity index (χ0n) is 11.8. The van der Waals surface area contributed by atoms with Crippen LogP contribution in [0.4, 0.5) is 0 Å². The SMILES string of the molecule is CCNC(Cc1nccn1C)c1csc2ccccc12. The van der Waals surface area contributed by atoms with Crippen LogP contribution < -0.4 is 5.32 Å². The Bertz CT molecular complexity index is 698. The lowest BCUT2D eigenvalue weighted by Crippen LogP contribution is -2.23. The highest BCUT2D eigenvalue weighted by Gasteiger charge is 2.17. The molecule has 0 bridgehead atoms. The van der Waals surface area contributed by atoms with Crippen LogP contribution in [0.5, 0.6) is 0 Å². The third-order valence-electron chi connectivity index (χ3n) is 3.64. The molecule has 0 amide bonds. The summed E-state index contributed by atoms with van der Waals surface area (Å²) in [7, 11) is 2.05.